The van der Waals surface area contributed by atoms with Gasteiger partial charge in [-0.2, -0.15) is 0 Å². The molecule has 2 N–H and O–H groups in total. The maximum absolute atomic E-state index is 13.9. The SMILES string of the molecule is COC(=O)c1c(F)cccc1S(=O)(=O)NC1CCNC(C)C1. The van der Waals surface area contributed by atoms with Crippen molar-refractivity contribution in [1.29, 1.82) is 0 Å². The number of carbonyl (C=O) groups is 1. The van der Waals surface area contributed by atoms with Crippen molar-refractivity contribution in [2.75, 3.05) is 13.7 Å². The van der Waals surface area contributed by atoms with Gasteiger partial charge in [-0.3, -0.25) is 0 Å². The first-order valence-electron chi connectivity index (χ1n) is 6.97. The summed E-state index contributed by atoms with van der Waals surface area (Å²) in [4.78, 5) is 11.3. The Labute approximate surface area is 129 Å². The molecule has 2 unspecified atom stereocenters. The number of sulfonamides is 1. The second kappa shape index (κ2) is 6.72. The lowest BCUT2D eigenvalue weighted by molar-refractivity contribution is 0.0590. The summed E-state index contributed by atoms with van der Waals surface area (Å²) >= 11 is 0. The number of ether oxygens (including phenoxy) is 1. The third kappa shape index (κ3) is 3.63. The van der Waals surface area contributed by atoms with E-state index in [0.29, 0.717) is 19.4 Å². The Morgan fingerprint density at radius 2 is 2.18 bits per heavy atom. The van der Waals surface area contributed by atoms with Crippen LogP contribution in [0.1, 0.15) is 30.1 Å². The number of hydrogen-bond donors (Lipinski definition) is 2. The summed E-state index contributed by atoms with van der Waals surface area (Å²) in [7, 11) is -2.93. The van der Waals surface area contributed by atoms with Crippen molar-refractivity contribution >= 4 is 16.0 Å². The molecule has 0 aliphatic carbocycles. The molecular formula is C14H19FN2O4S. The molecule has 8 heteroatoms. The van der Waals surface area contributed by atoms with Crippen LogP contribution in [0.25, 0.3) is 0 Å². The highest BCUT2D eigenvalue weighted by Gasteiger charge is 2.29. The highest BCUT2D eigenvalue weighted by atomic mass is 32.2. The molecule has 1 heterocycles. The lowest BCUT2D eigenvalue weighted by Crippen LogP contribution is -2.46. The predicted octanol–water partition coefficient (Wildman–Crippen LogP) is 1.03. The van der Waals surface area contributed by atoms with E-state index in [1.54, 1.807) is 0 Å². The normalized spacial score (nSPS) is 22.3. The van der Waals surface area contributed by atoms with Crippen molar-refractivity contribution in [3.8, 4) is 0 Å². The number of rotatable bonds is 4. The fourth-order valence-corrected chi connectivity index (χ4v) is 4.04. The summed E-state index contributed by atoms with van der Waals surface area (Å²) < 4.78 is 45.9. The monoisotopic (exact) mass is 330 g/mol. The summed E-state index contributed by atoms with van der Waals surface area (Å²) in [5.74, 6) is -1.94. The quantitative estimate of drug-likeness (QED) is 0.806. The fraction of sp³-hybridized carbons (Fsp3) is 0.500. The minimum Gasteiger partial charge on any atom is -0.465 e. The minimum atomic E-state index is -4.01. The van der Waals surface area contributed by atoms with Gasteiger partial charge in [-0.25, -0.2) is 22.3 Å². The minimum absolute atomic E-state index is 0.189. The Kier molecular flexibility index (Phi) is 5.15. The average molecular weight is 330 g/mol. The molecule has 0 bridgehead atoms. The molecule has 22 heavy (non-hydrogen) atoms. The first-order valence-corrected chi connectivity index (χ1v) is 8.46. The standard InChI is InChI=1S/C14H19FN2O4S/c1-9-8-10(6-7-16-9)17-22(19,20)12-5-3-4-11(15)13(12)14(18)21-2/h3-5,9-10,16-17H,6-8H2,1-2H3. The molecule has 0 saturated carbocycles. The van der Waals surface area contributed by atoms with Crippen LogP contribution in [-0.4, -0.2) is 40.1 Å². The van der Waals surface area contributed by atoms with E-state index < -0.39 is 32.3 Å². The molecule has 0 spiro atoms. The van der Waals surface area contributed by atoms with Crippen LogP contribution < -0.4 is 10.0 Å². The van der Waals surface area contributed by atoms with Gasteiger partial charge in [0.15, 0.2) is 0 Å². The molecule has 2 rings (SSSR count). The van der Waals surface area contributed by atoms with E-state index in [9.17, 15) is 17.6 Å². The maximum Gasteiger partial charge on any atom is 0.342 e. The fourth-order valence-electron chi connectivity index (χ4n) is 2.55. The van der Waals surface area contributed by atoms with Gasteiger partial charge in [-0.05, 0) is 38.4 Å². The molecule has 2 atom stereocenters. The van der Waals surface area contributed by atoms with Crippen LogP contribution in [0.15, 0.2) is 23.1 Å². The number of piperidine rings is 1. The first kappa shape index (κ1) is 16.9. The summed E-state index contributed by atoms with van der Waals surface area (Å²) in [5, 5.41) is 3.22. The van der Waals surface area contributed by atoms with Gasteiger partial charge in [-0.1, -0.05) is 6.07 Å². The van der Waals surface area contributed by atoms with Crippen molar-refractivity contribution in [3.05, 3.63) is 29.6 Å². The number of halogens is 1. The Balaban J connectivity index is 2.33. The predicted molar refractivity (Wildman–Crippen MR) is 78.5 cm³/mol. The molecular weight excluding hydrogens is 311 g/mol. The van der Waals surface area contributed by atoms with Gasteiger partial charge in [0.2, 0.25) is 10.0 Å². The van der Waals surface area contributed by atoms with E-state index in [-0.39, 0.29) is 12.1 Å². The van der Waals surface area contributed by atoms with Crippen LogP contribution in [0, 0.1) is 5.82 Å². The Bertz CT molecular complexity index is 663. The van der Waals surface area contributed by atoms with Gasteiger partial charge in [0.05, 0.1) is 12.0 Å². The van der Waals surface area contributed by atoms with E-state index in [4.69, 9.17) is 0 Å². The molecule has 0 aromatic heterocycles. The van der Waals surface area contributed by atoms with Gasteiger partial charge >= 0.3 is 5.97 Å². The topological polar surface area (TPSA) is 84.5 Å². The summed E-state index contributed by atoms with van der Waals surface area (Å²) in [6.07, 6.45) is 1.26. The number of hydrogen-bond acceptors (Lipinski definition) is 5. The maximum atomic E-state index is 13.9. The van der Waals surface area contributed by atoms with Crippen LogP contribution in [0.3, 0.4) is 0 Å². The lowest BCUT2D eigenvalue weighted by atomic mass is 10.0. The number of nitrogens with one attached hydrogen (secondary N) is 2. The summed E-state index contributed by atoms with van der Waals surface area (Å²) in [6.45, 7) is 2.66. The van der Waals surface area contributed by atoms with E-state index in [2.05, 4.69) is 14.8 Å². The van der Waals surface area contributed by atoms with Crippen molar-refractivity contribution in [3.63, 3.8) is 0 Å². The lowest BCUT2D eigenvalue weighted by Gasteiger charge is -2.28. The highest BCUT2D eigenvalue weighted by molar-refractivity contribution is 7.89. The van der Waals surface area contributed by atoms with Gasteiger partial charge < -0.3 is 10.1 Å². The van der Waals surface area contributed by atoms with E-state index in [1.807, 2.05) is 6.92 Å². The average Bonchev–Trinajstić information content (AvgIpc) is 2.45. The van der Waals surface area contributed by atoms with Gasteiger partial charge in [-0.15, -0.1) is 0 Å². The van der Waals surface area contributed by atoms with Crippen molar-refractivity contribution < 1.29 is 22.3 Å². The van der Waals surface area contributed by atoms with E-state index in [0.717, 1.165) is 13.2 Å². The zero-order chi connectivity index (χ0) is 16.3. The molecule has 0 radical (unpaired) electrons. The second-order valence-electron chi connectivity index (χ2n) is 5.30. The molecule has 1 aromatic carbocycles. The van der Waals surface area contributed by atoms with Crippen LogP contribution in [0.2, 0.25) is 0 Å². The molecule has 1 aliphatic heterocycles. The third-order valence-corrected chi connectivity index (χ3v) is 5.16. The first-order chi connectivity index (χ1) is 10.3. The number of esters is 1. The highest BCUT2D eigenvalue weighted by Crippen LogP contribution is 2.21. The van der Waals surface area contributed by atoms with Gasteiger partial charge in [0.25, 0.3) is 0 Å². The Morgan fingerprint density at radius 3 is 2.82 bits per heavy atom. The summed E-state index contributed by atoms with van der Waals surface area (Å²) in [5.41, 5.74) is -0.570. The van der Waals surface area contributed by atoms with Crippen LogP contribution in [0.5, 0.6) is 0 Å². The van der Waals surface area contributed by atoms with Crippen molar-refractivity contribution in [1.82, 2.24) is 10.0 Å². The largest absolute Gasteiger partial charge is 0.465 e. The zero-order valence-electron chi connectivity index (χ0n) is 12.4. The van der Waals surface area contributed by atoms with Crippen LogP contribution >= 0.6 is 0 Å². The van der Waals surface area contributed by atoms with Gasteiger partial charge in [0.1, 0.15) is 11.4 Å². The third-order valence-electron chi connectivity index (χ3n) is 3.60. The second-order valence-corrected chi connectivity index (χ2v) is 6.98. The number of methoxy groups -OCH3 is 1. The number of benzene rings is 1. The van der Waals surface area contributed by atoms with E-state index in [1.165, 1.54) is 12.1 Å². The molecule has 0 amide bonds. The Morgan fingerprint density at radius 1 is 1.45 bits per heavy atom. The van der Waals surface area contributed by atoms with Crippen LogP contribution in [-0.2, 0) is 14.8 Å². The molecule has 1 aromatic rings. The zero-order valence-corrected chi connectivity index (χ0v) is 13.2. The molecule has 1 saturated heterocycles. The number of carbonyl (C=O) groups excluding carboxylic acids is 1. The molecule has 122 valence electrons. The Hall–Kier alpha value is -1.51. The molecule has 1 fully saturated rings. The van der Waals surface area contributed by atoms with Crippen LogP contribution in [0.4, 0.5) is 4.39 Å². The smallest absolute Gasteiger partial charge is 0.342 e. The molecule has 6 nitrogen and oxygen atoms in total. The van der Waals surface area contributed by atoms with Gasteiger partial charge in [0, 0.05) is 12.1 Å². The van der Waals surface area contributed by atoms with Crippen molar-refractivity contribution in [2.24, 2.45) is 0 Å². The van der Waals surface area contributed by atoms with E-state index >= 15 is 0 Å². The van der Waals surface area contributed by atoms with Crippen molar-refractivity contribution in [2.45, 2.75) is 36.7 Å². The molecule has 1 aliphatic rings. The summed E-state index contributed by atoms with van der Waals surface area (Å²) in [6, 6.07) is 3.41.